The van der Waals surface area contributed by atoms with Gasteiger partial charge in [-0.2, -0.15) is 0 Å². The highest BCUT2D eigenvalue weighted by atomic mass is 79.9. The molecule has 0 aromatic heterocycles. The fourth-order valence-corrected chi connectivity index (χ4v) is 2.89. The van der Waals surface area contributed by atoms with Gasteiger partial charge in [0.2, 0.25) is 0 Å². The molecule has 1 aromatic rings. The molecule has 0 amide bonds. The first-order valence-electron chi connectivity index (χ1n) is 7.65. The zero-order valence-electron chi connectivity index (χ0n) is 13.2. The molecule has 0 aliphatic rings. The van der Waals surface area contributed by atoms with E-state index in [1.807, 2.05) is 6.07 Å². The van der Waals surface area contributed by atoms with E-state index in [-0.39, 0.29) is 0 Å². The molecule has 1 N–H and O–H groups in total. The first-order chi connectivity index (χ1) is 9.58. The Morgan fingerprint density at radius 2 is 2.00 bits per heavy atom. The van der Waals surface area contributed by atoms with Crippen molar-refractivity contribution in [3.8, 4) is 5.75 Å². The van der Waals surface area contributed by atoms with Gasteiger partial charge in [-0.1, -0.05) is 39.7 Å². The van der Waals surface area contributed by atoms with Crippen LogP contribution in [0.1, 0.15) is 58.1 Å². The van der Waals surface area contributed by atoms with Crippen molar-refractivity contribution in [3.05, 3.63) is 28.2 Å². The Morgan fingerprint density at radius 1 is 1.25 bits per heavy atom. The molecule has 0 heterocycles. The van der Waals surface area contributed by atoms with Gasteiger partial charge in [0.25, 0.3) is 0 Å². The van der Waals surface area contributed by atoms with Gasteiger partial charge in [-0.05, 0) is 58.9 Å². The van der Waals surface area contributed by atoms with E-state index < -0.39 is 0 Å². The molecule has 3 heteroatoms. The van der Waals surface area contributed by atoms with E-state index in [2.05, 4.69) is 54.2 Å². The minimum absolute atomic E-state index is 0.441. The molecule has 0 saturated carbocycles. The fraction of sp³-hybridized carbons (Fsp3) is 0.647. The maximum atomic E-state index is 5.31. The number of methoxy groups -OCH3 is 1. The number of benzene rings is 1. The standard InChI is InChI=1S/C17H28BrNO/c1-5-11-19-16(8-6-7-13(2)3)14-9-10-17(20-4)15(18)12-14/h9-10,12-13,16,19H,5-8,11H2,1-4H3. The van der Waals surface area contributed by atoms with Crippen molar-refractivity contribution < 1.29 is 4.74 Å². The zero-order valence-corrected chi connectivity index (χ0v) is 14.8. The summed E-state index contributed by atoms with van der Waals surface area (Å²) >= 11 is 3.58. The lowest BCUT2D eigenvalue weighted by molar-refractivity contribution is 0.410. The van der Waals surface area contributed by atoms with Gasteiger partial charge in [-0.25, -0.2) is 0 Å². The molecule has 20 heavy (non-hydrogen) atoms. The number of hydrogen-bond acceptors (Lipinski definition) is 2. The van der Waals surface area contributed by atoms with Crippen LogP contribution >= 0.6 is 15.9 Å². The molecule has 0 radical (unpaired) electrons. The molecule has 0 saturated heterocycles. The average molecular weight is 342 g/mol. The van der Waals surface area contributed by atoms with E-state index >= 15 is 0 Å². The number of halogens is 1. The summed E-state index contributed by atoms with van der Waals surface area (Å²) < 4.78 is 6.34. The van der Waals surface area contributed by atoms with Gasteiger partial charge in [0.15, 0.2) is 0 Å². The van der Waals surface area contributed by atoms with E-state index in [0.29, 0.717) is 6.04 Å². The van der Waals surface area contributed by atoms with Crippen LogP contribution in [0.15, 0.2) is 22.7 Å². The van der Waals surface area contributed by atoms with Gasteiger partial charge >= 0.3 is 0 Å². The Hall–Kier alpha value is -0.540. The summed E-state index contributed by atoms with van der Waals surface area (Å²) in [5.41, 5.74) is 1.34. The summed E-state index contributed by atoms with van der Waals surface area (Å²) in [6, 6.07) is 6.84. The minimum atomic E-state index is 0.441. The molecule has 0 aliphatic carbocycles. The third-order valence-electron chi connectivity index (χ3n) is 3.49. The van der Waals surface area contributed by atoms with E-state index in [1.165, 1.54) is 24.8 Å². The Morgan fingerprint density at radius 3 is 2.55 bits per heavy atom. The van der Waals surface area contributed by atoms with Gasteiger partial charge in [-0.15, -0.1) is 0 Å². The van der Waals surface area contributed by atoms with Crippen molar-refractivity contribution in [1.29, 1.82) is 0 Å². The van der Waals surface area contributed by atoms with Crippen molar-refractivity contribution in [2.75, 3.05) is 13.7 Å². The maximum absolute atomic E-state index is 5.31. The highest BCUT2D eigenvalue weighted by molar-refractivity contribution is 9.10. The van der Waals surface area contributed by atoms with E-state index in [4.69, 9.17) is 4.74 Å². The molecular weight excluding hydrogens is 314 g/mol. The van der Waals surface area contributed by atoms with Crippen LogP contribution < -0.4 is 10.1 Å². The SMILES string of the molecule is CCCNC(CCCC(C)C)c1ccc(OC)c(Br)c1. The lowest BCUT2D eigenvalue weighted by Gasteiger charge is -2.20. The minimum Gasteiger partial charge on any atom is -0.496 e. The molecule has 1 aromatic carbocycles. The second-order valence-corrected chi connectivity index (χ2v) is 6.58. The predicted molar refractivity (Wildman–Crippen MR) is 90.4 cm³/mol. The monoisotopic (exact) mass is 341 g/mol. The lowest BCUT2D eigenvalue weighted by Crippen LogP contribution is -2.22. The summed E-state index contributed by atoms with van der Waals surface area (Å²) in [7, 11) is 1.70. The first-order valence-corrected chi connectivity index (χ1v) is 8.44. The Balaban J connectivity index is 2.72. The summed E-state index contributed by atoms with van der Waals surface area (Å²) in [4.78, 5) is 0. The molecule has 0 fully saturated rings. The highest BCUT2D eigenvalue weighted by Gasteiger charge is 2.12. The number of ether oxygens (including phenoxy) is 1. The van der Waals surface area contributed by atoms with Crippen LogP contribution in [0.5, 0.6) is 5.75 Å². The van der Waals surface area contributed by atoms with Gasteiger partial charge < -0.3 is 10.1 Å². The molecule has 0 bridgehead atoms. The summed E-state index contributed by atoms with van der Waals surface area (Å²) in [5, 5.41) is 3.66. The molecule has 114 valence electrons. The van der Waals surface area contributed by atoms with Crippen LogP contribution in [-0.2, 0) is 0 Å². The van der Waals surface area contributed by atoms with Gasteiger partial charge in [0.05, 0.1) is 11.6 Å². The Bertz CT molecular complexity index is 393. The topological polar surface area (TPSA) is 21.3 Å². The molecule has 2 nitrogen and oxygen atoms in total. The van der Waals surface area contributed by atoms with Gasteiger partial charge in [-0.3, -0.25) is 0 Å². The summed E-state index contributed by atoms with van der Waals surface area (Å²) in [6.45, 7) is 7.86. The molecule has 0 spiro atoms. The quantitative estimate of drug-likeness (QED) is 0.655. The Kier molecular flexibility index (Phi) is 8.24. The van der Waals surface area contributed by atoms with Crippen LogP contribution in [0, 0.1) is 5.92 Å². The van der Waals surface area contributed by atoms with Crippen LogP contribution in [-0.4, -0.2) is 13.7 Å². The van der Waals surface area contributed by atoms with Crippen LogP contribution in [0.25, 0.3) is 0 Å². The third-order valence-corrected chi connectivity index (χ3v) is 4.11. The van der Waals surface area contributed by atoms with Crippen LogP contribution in [0.4, 0.5) is 0 Å². The first kappa shape index (κ1) is 17.5. The van der Waals surface area contributed by atoms with Crippen molar-refractivity contribution in [3.63, 3.8) is 0 Å². The van der Waals surface area contributed by atoms with Gasteiger partial charge in [0, 0.05) is 6.04 Å². The van der Waals surface area contributed by atoms with E-state index in [9.17, 15) is 0 Å². The molecular formula is C17H28BrNO. The normalized spacial score (nSPS) is 12.7. The fourth-order valence-electron chi connectivity index (χ4n) is 2.33. The van der Waals surface area contributed by atoms with E-state index in [1.54, 1.807) is 7.11 Å². The predicted octanol–water partition coefficient (Wildman–Crippen LogP) is 5.32. The molecule has 0 aliphatic heterocycles. The second kappa shape index (κ2) is 9.41. The average Bonchev–Trinajstić information content (AvgIpc) is 2.42. The van der Waals surface area contributed by atoms with Gasteiger partial charge in [0.1, 0.15) is 5.75 Å². The molecule has 1 atom stereocenters. The number of hydrogen-bond donors (Lipinski definition) is 1. The largest absolute Gasteiger partial charge is 0.496 e. The smallest absolute Gasteiger partial charge is 0.133 e. The third kappa shape index (κ3) is 5.84. The second-order valence-electron chi connectivity index (χ2n) is 5.73. The Labute approximate surface area is 132 Å². The molecule has 1 rings (SSSR count). The van der Waals surface area contributed by atoms with Crippen molar-refractivity contribution in [2.24, 2.45) is 5.92 Å². The van der Waals surface area contributed by atoms with Crippen LogP contribution in [0.3, 0.4) is 0 Å². The molecule has 1 unspecified atom stereocenters. The summed E-state index contributed by atoms with van der Waals surface area (Å²) in [5.74, 6) is 1.68. The number of rotatable bonds is 9. The highest BCUT2D eigenvalue weighted by Crippen LogP contribution is 2.30. The van der Waals surface area contributed by atoms with E-state index in [0.717, 1.165) is 29.1 Å². The summed E-state index contributed by atoms with van der Waals surface area (Å²) in [6.07, 6.45) is 4.92. The number of nitrogens with one attached hydrogen (secondary N) is 1. The van der Waals surface area contributed by atoms with Crippen molar-refractivity contribution >= 4 is 15.9 Å². The zero-order chi connectivity index (χ0) is 15.0. The van der Waals surface area contributed by atoms with Crippen LogP contribution in [0.2, 0.25) is 0 Å². The van der Waals surface area contributed by atoms with Crippen molar-refractivity contribution in [2.45, 2.75) is 52.5 Å². The van der Waals surface area contributed by atoms with Crippen molar-refractivity contribution in [1.82, 2.24) is 5.32 Å². The lowest BCUT2D eigenvalue weighted by atomic mass is 9.98. The maximum Gasteiger partial charge on any atom is 0.133 e.